The minimum atomic E-state index is -0.417. The van der Waals surface area contributed by atoms with Crippen LogP contribution in [0.15, 0.2) is 71.5 Å². The standard InChI is InChI=1S/C22H21FN4O2/c23-18-7-4-6-17(16-18)22(29)26-13-5-12-25(14-15-26)20-10-11-21(28)27(24-20)19-8-2-1-3-9-19/h1-4,6-11,16H,5,12-15H2. The van der Waals surface area contributed by atoms with E-state index < -0.39 is 5.82 Å². The molecular formula is C22H21FN4O2. The van der Waals surface area contributed by atoms with Gasteiger partial charge in [-0.1, -0.05) is 24.3 Å². The van der Waals surface area contributed by atoms with E-state index in [0.29, 0.717) is 43.2 Å². The van der Waals surface area contributed by atoms with Crippen LogP contribution in [-0.2, 0) is 0 Å². The van der Waals surface area contributed by atoms with E-state index in [9.17, 15) is 14.0 Å². The number of halogens is 1. The maximum Gasteiger partial charge on any atom is 0.271 e. The fourth-order valence-electron chi connectivity index (χ4n) is 3.48. The molecule has 2 heterocycles. The van der Waals surface area contributed by atoms with Gasteiger partial charge in [-0.15, -0.1) is 5.10 Å². The van der Waals surface area contributed by atoms with Gasteiger partial charge in [0.2, 0.25) is 0 Å². The molecule has 1 saturated heterocycles. The Morgan fingerprint density at radius 3 is 2.52 bits per heavy atom. The van der Waals surface area contributed by atoms with Crippen LogP contribution in [0.2, 0.25) is 0 Å². The summed E-state index contributed by atoms with van der Waals surface area (Å²) in [5.41, 5.74) is 0.865. The molecule has 0 bridgehead atoms. The normalized spacial score (nSPS) is 14.5. The Labute approximate surface area is 167 Å². The van der Waals surface area contributed by atoms with Gasteiger partial charge in [0.15, 0.2) is 0 Å². The Morgan fingerprint density at radius 1 is 0.897 bits per heavy atom. The first kappa shape index (κ1) is 18.9. The summed E-state index contributed by atoms with van der Waals surface area (Å²) in [5.74, 6) is 0.0988. The molecule has 1 aliphatic rings. The van der Waals surface area contributed by atoms with E-state index in [1.165, 1.54) is 22.9 Å². The second-order valence-electron chi connectivity index (χ2n) is 6.92. The third kappa shape index (κ3) is 4.18. The quantitative estimate of drug-likeness (QED) is 0.688. The largest absolute Gasteiger partial charge is 0.353 e. The number of rotatable bonds is 3. The maximum absolute atomic E-state index is 13.5. The predicted molar refractivity (Wildman–Crippen MR) is 109 cm³/mol. The van der Waals surface area contributed by atoms with E-state index in [2.05, 4.69) is 10.00 Å². The fourth-order valence-corrected chi connectivity index (χ4v) is 3.48. The first-order chi connectivity index (χ1) is 14.1. The molecule has 1 fully saturated rings. The SMILES string of the molecule is O=C(c1cccc(F)c1)N1CCCN(c2ccc(=O)n(-c3ccccc3)n2)CC1. The molecule has 29 heavy (non-hydrogen) atoms. The molecule has 0 unspecified atom stereocenters. The number of hydrogen-bond donors (Lipinski definition) is 0. The second-order valence-corrected chi connectivity index (χ2v) is 6.92. The number of anilines is 1. The van der Waals surface area contributed by atoms with Gasteiger partial charge in [0, 0.05) is 37.8 Å². The van der Waals surface area contributed by atoms with E-state index >= 15 is 0 Å². The summed E-state index contributed by atoms with van der Waals surface area (Å²) < 4.78 is 14.8. The minimum Gasteiger partial charge on any atom is -0.353 e. The third-order valence-electron chi connectivity index (χ3n) is 4.97. The predicted octanol–water partition coefficient (Wildman–Crippen LogP) is 2.72. The van der Waals surface area contributed by atoms with Crippen LogP contribution in [0.5, 0.6) is 0 Å². The highest BCUT2D eigenvalue weighted by Gasteiger charge is 2.21. The van der Waals surface area contributed by atoms with E-state index in [1.807, 2.05) is 30.3 Å². The van der Waals surface area contributed by atoms with E-state index in [0.717, 1.165) is 6.42 Å². The van der Waals surface area contributed by atoms with E-state index in [4.69, 9.17) is 0 Å². The molecule has 0 atom stereocenters. The van der Waals surface area contributed by atoms with Crippen molar-refractivity contribution in [2.45, 2.75) is 6.42 Å². The van der Waals surface area contributed by atoms with E-state index in [1.54, 1.807) is 23.1 Å². The molecule has 1 amide bonds. The second kappa shape index (κ2) is 8.26. The topological polar surface area (TPSA) is 58.4 Å². The molecule has 0 radical (unpaired) electrons. The lowest BCUT2D eigenvalue weighted by Crippen LogP contribution is -2.36. The molecule has 1 aliphatic heterocycles. The van der Waals surface area contributed by atoms with Crippen LogP contribution in [0.25, 0.3) is 5.69 Å². The molecule has 6 nitrogen and oxygen atoms in total. The Kier molecular flexibility index (Phi) is 5.37. The number of amides is 1. The summed E-state index contributed by atoms with van der Waals surface area (Å²) in [6, 6.07) is 18.3. The Morgan fingerprint density at radius 2 is 1.72 bits per heavy atom. The van der Waals surface area contributed by atoms with E-state index in [-0.39, 0.29) is 11.5 Å². The molecule has 0 spiro atoms. The molecule has 4 rings (SSSR count). The number of para-hydroxylation sites is 1. The highest BCUT2D eigenvalue weighted by atomic mass is 19.1. The number of nitrogens with zero attached hydrogens (tertiary/aromatic N) is 4. The van der Waals surface area contributed by atoms with Crippen molar-refractivity contribution < 1.29 is 9.18 Å². The van der Waals surface area contributed by atoms with Gasteiger partial charge in [0.25, 0.3) is 11.5 Å². The minimum absolute atomic E-state index is 0.173. The lowest BCUT2D eigenvalue weighted by molar-refractivity contribution is 0.0766. The van der Waals surface area contributed by atoms with Crippen molar-refractivity contribution in [1.82, 2.24) is 14.7 Å². The molecule has 3 aromatic rings. The summed E-state index contributed by atoms with van der Waals surface area (Å²) in [5, 5.41) is 4.52. The monoisotopic (exact) mass is 392 g/mol. The molecule has 148 valence electrons. The Hall–Kier alpha value is -3.48. The lowest BCUT2D eigenvalue weighted by atomic mass is 10.2. The summed E-state index contributed by atoms with van der Waals surface area (Å²) in [6.45, 7) is 2.39. The van der Waals surface area contributed by atoms with Crippen molar-refractivity contribution >= 4 is 11.7 Å². The summed E-state index contributed by atoms with van der Waals surface area (Å²) >= 11 is 0. The molecule has 0 N–H and O–H groups in total. The summed E-state index contributed by atoms with van der Waals surface area (Å²) in [6.07, 6.45) is 0.757. The van der Waals surface area contributed by atoms with Gasteiger partial charge in [0.05, 0.1) is 5.69 Å². The van der Waals surface area contributed by atoms with Crippen molar-refractivity contribution in [3.05, 3.63) is 88.5 Å². The van der Waals surface area contributed by atoms with Gasteiger partial charge >= 0.3 is 0 Å². The highest BCUT2D eigenvalue weighted by Crippen LogP contribution is 2.15. The number of aromatic nitrogens is 2. The smallest absolute Gasteiger partial charge is 0.271 e. The lowest BCUT2D eigenvalue weighted by Gasteiger charge is -2.23. The molecule has 0 saturated carbocycles. The maximum atomic E-state index is 13.5. The van der Waals surface area contributed by atoms with Crippen molar-refractivity contribution in [3.63, 3.8) is 0 Å². The fraction of sp³-hybridized carbons (Fsp3) is 0.227. The van der Waals surface area contributed by atoms with Crippen molar-refractivity contribution in [2.24, 2.45) is 0 Å². The number of carbonyl (C=O) groups is 1. The zero-order valence-corrected chi connectivity index (χ0v) is 15.9. The van der Waals surface area contributed by atoms with Gasteiger partial charge in [-0.3, -0.25) is 9.59 Å². The van der Waals surface area contributed by atoms with Crippen LogP contribution >= 0.6 is 0 Å². The molecule has 0 aliphatic carbocycles. The molecule has 2 aromatic carbocycles. The number of carbonyl (C=O) groups excluding carboxylic acids is 1. The Bertz CT molecular complexity index is 1070. The third-order valence-corrected chi connectivity index (χ3v) is 4.97. The van der Waals surface area contributed by atoms with Gasteiger partial charge in [-0.2, -0.15) is 4.68 Å². The van der Waals surface area contributed by atoms with Crippen molar-refractivity contribution in [1.29, 1.82) is 0 Å². The van der Waals surface area contributed by atoms with Crippen LogP contribution in [0.1, 0.15) is 16.8 Å². The van der Waals surface area contributed by atoms with Crippen LogP contribution in [0, 0.1) is 5.82 Å². The summed E-state index contributed by atoms with van der Waals surface area (Å²) in [7, 11) is 0. The zero-order valence-electron chi connectivity index (χ0n) is 15.9. The van der Waals surface area contributed by atoms with Crippen LogP contribution in [-0.4, -0.2) is 46.8 Å². The molecule has 7 heteroatoms. The molecular weight excluding hydrogens is 371 g/mol. The van der Waals surface area contributed by atoms with Gasteiger partial charge in [0.1, 0.15) is 11.6 Å². The first-order valence-electron chi connectivity index (χ1n) is 9.57. The Balaban J connectivity index is 1.52. The average Bonchev–Trinajstić information content (AvgIpc) is 3.00. The van der Waals surface area contributed by atoms with Gasteiger partial charge < -0.3 is 9.80 Å². The van der Waals surface area contributed by atoms with Gasteiger partial charge in [-0.25, -0.2) is 4.39 Å². The average molecular weight is 392 g/mol. The zero-order chi connectivity index (χ0) is 20.2. The first-order valence-corrected chi connectivity index (χ1v) is 9.57. The van der Waals surface area contributed by atoms with Crippen LogP contribution < -0.4 is 10.5 Å². The van der Waals surface area contributed by atoms with Crippen molar-refractivity contribution in [3.8, 4) is 5.69 Å². The van der Waals surface area contributed by atoms with Crippen LogP contribution in [0.3, 0.4) is 0 Å². The van der Waals surface area contributed by atoms with Crippen molar-refractivity contribution in [2.75, 3.05) is 31.1 Å². The number of hydrogen-bond acceptors (Lipinski definition) is 4. The summed E-state index contributed by atoms with van der Waals surface area (Å²) in [4.78, 5) is 28.8. The molecule has 1 aromatic heterocycles. The number of benzene rings is 2. The van der Waals surface area contributed by atoms with Gasteiger partial charge in [-0.05, 0) is 42.8 Å². The van der Waals surface area contributed by atoms with Crippen LogP contribution in [0.4, 0.5) is 10.2 Å². The highest BCUT2D eigenvalue weighted by molar-refractivity contribution is 5.94.